The van der Waals surface area contributed by atoms with Crippen LogP contribution in [0.4, 0.5) is 0 Å². The largest absolute Gasteiger partial charge is 0.492 e. The first-order valence-electron chi connectivity index (χ1n) is 5.32. The molecule has 1 aliphatic rings. The van der Waals surface area contributed by atoms with E-state index < -0.39 is 0 Å². The minimum atomic E-state index is -0.343. The predicted molar refractivity (Wildman–Crippen MR) is 63.8 cm³/mol. The third-order valence-electron chi connectivity index (χ3n) is 2.17. The molecule has 2 rings (SSSR count). The zero-order valence-corrected chi connectivity index (χ0v) is 11.2. The summed E-state index contributed by atoms with van der Waals surface area (Å²) in [5, 5.41) is 9.68. The highest BCUT2D eigenvalue weighted by Gasteiger charge is 2.29. The van der Waals surface area contributed by atoms with Crippen LogP contribution in [-0.2, 0) is 0 Å². The lowest BCUT2D eigenvalue weighted by molar-refractivity contribution is 0.121. The van der Waals surface area contributed by atoms with Crippen LogP contribution in [0.5, 0.6) is 11.8 Å². The van der Waals surface area contributed by atoms with E-state index in [4.69, 9.17) is 4.74 Å². The van der Waals surface area contributed by atoms with E-state index >= 15 is 0 Å². The van der Waals surface area contributed by atoms with E-state index in [1.165, 1.54) is 0 Å². The van der Waals surface area contributed by atoms with Crippen LogP contribution in [0.25, 0.3) is 0 Å². The number of nitrogens with zero attached hydrogens (tertiary/aromatic N) is 2. The zero-order valence-electron chi connectivity index (χ0n) is 9.62. The van der Waals surface area contributed by atoms with Crippen LogP contribution in [0, 0.1) is 0 Å². The summed E-state index contributed by atoms with van der Waals surface area (Å²) in [4.78, 5) is 8.38. The number of ether oxygens (including phenoxy) is 1. The quantitative estimate of drug-likeness (QED) is 0.908. The van der Waals surface area contributed by atoms with Crippen molar-refractivity contribution in [1.29, 1.82) is 0 Å². The van der Waals surface area contributed by atoms with Crippen molar-refractivity contribution in [3.05, 3.63) is 10.3 Å². The van der Waals surface area contributed by atoms with Gasteiger partial charge in [-0.05, 0) is 49.5 Å². The molecular weight excluding hydrogens is 272 g/mol. The van der Waals surface area contributed by atoms with E-state index in [2.05, 4.69) is 25.9 Å². The fraction of sp³-hybridized carbons (Fsp3) is 0.636. The van der Waals surface area contributed by atoms with Crippen LogP contribution in [-0.4, -0.2) is 20.7 Å². The van der Waals surface area contributed by atoms with Crippen LogP contribution >= 0.6 is 15.9 Å². The predicted octanol–water partition coefficient (Wildman–Crippen LogP) is 3.00. The minimum Gasteiger partial charge on any atom is -0.492 e. The number of hydrogen-bond acceptors (Lipinski definition) is 4. The van der Waals surface area contributed by atoms with Crippen molar-refractivity contribution in [1.82, 2.24) is 9.97 Å². The molecule has 0 aliphatic heterocycles. The van der Waals surface area contributed by atoms with Gasteiger partial charge in [0, 0.05) is 5.92 Å². The van der Waals surface area contributed by atoms with E-state index in [0.717, 1.165) is 12.8 Å². The topological polar surface area (TPSA) is 55.2 Å². The normalized spacial score (nSPS) is 16.2. The van der Waals surface area contributed by atoms with Crippen molar-refractivity contribution in [2.75, 3.05) is 0 Å². The molecule has 0 unspecified atom stereocenters. The second-order valence-electron chi connectivity index (χ2n) is 5.01. The summed E-state index contributed by atoms with van der Waals surface area (Å²) >= 11 is 3.24. The molecule has 1 heterocycles. The Bertz CT molecular complexity index is 411. The summed E-state index contributed by atoms with van der Waals surface area (Å²) in [5.74, 6) is 1.44. The number of aromatic hydroxyl groups is 1. The molecule has 0 aromatic carbocycles. The first-order chi connectivity index (χ1) is 7.37. The Morgan fingerprint density at radius 3 is 2.44 bits per heavy atom. The molecule has 88 valence electrons. The molecule has 1 fully saturated rings. The van der Waals surface area contributed by atoms with E-state index in [-0.39, 0.29) is 11.5 Å². The van der Waals surface area contributed by atoms with Crippen LogP contribution < -0.4 is 4.74 Å². The highest BCUT2D eigenvalue weighted by Crippen LogP contribution is 2.41. The molecule has 5 heteroatoms. The van der Waals surface area contributed by atoms with Gasteiger partial charge in [-0.3, -0.25) is 0 Å². The van der Waals surface area contributed by atoms with Crippen molar-refractivity contribution >= 4 is 15.9 Å². The molecule has 16 heavy (non-hydrogen) atoms. The molecule has 1 N–H and O–H groups in total. The Balaban J connectivity index is 2.34. The Morgan fingerprint density at radius 1 is 1.31 bits per heavy atom. The Hall–Kier alpha value is -0.840. The molecule has 0 spiro atoms. The van der Waals surface area contributed by atoms with Crippen LogP contribution in [0.1, 0.15) is 45.4 Å². The Labute approximate surface area is 103 Å². The maximum atomic E-state index is 9.68. The van der Waals surface area contributed by atoms with Gasteiger partial charge in [0.05, 0.1) is 0 Å². The average Bonchev–Trinajstić information content (AvgIpc) is 2.93. The molecule has 0 radical (unpaired) electrons. The molecule has 4 nitrogen and oxygen atoms in total. The molecule has 0 atom stereocenters. The summed E-state index contributed by atoms with van der Waals surface area (Å²) in [6, 6.07) is 0. The van der Waals surface area contributed by atoms with Gasteiger partial charge in [0.2, 0.25) is 11.8 Å². The lowest BCUT2D eigenvalue weighted by atomic mass is 10.2. The van der Waals surface area contributed by atoms with Gasteiger partial charge in [0.25, 0.3) is 0 Å². The van der Waals surface area contributed by atoms with Gasteiger partial charge < -0.3 is 9.84 Å². The summed E-state index contributed by atoms with van der Waals surface area (Å²) in [6.07, 6.45) is 2.19. The van der Waals surface area contributed by atoms with E-state index in [9.17, 15) is 5.11 Å². The van der Waals surface area contributed by atoms with E-state index in [1.807, 2.05) is 20.8 Å². The van der Waals surface area contributed by atoms with Crippen molar-refractivity contribution in [2.45, 2.75) is 45.1 Å². The number of rotatable bonds is 2. The third-order valence-corrected chi connectivity index (χ3v) is 2.86. The summed E-state index contributed by atoms with van der Waals surface area (Å²) in [6.45, 7) is 5.82. The second-order valence-corrected chi connectivity index (χ2v) is 5.81. The molecule has 1 aromatic heterocycles. The maximum absolute atomic E-state index is 9.68. The molecule has 0 bridgehead atoms. The lowest BCUT2D eigenvalue weighted by Crippen LogP contribution is -2.24. The molecule has 0 saturated heterocycles. The van der Waals surface area contributed by atoms with Crippen molar-refractivity contribution in [3.63, 3.8) is 0 Å². The summed E-state index contributed by atoms with van der Waals surface area (Å²) in [7, 11) is 0. The first kappa shape index (κ1) is 11.6. The molecule has 1 aliphatic carbocycles. The van der Waals surface area contributed by atoms with Gasteiger partial charge >= 0.3 is 0 Å². The highest BCUT2D eigenvalue weighted by atomic mass is 79.9. The fourth-order valence-corrected chi connectivity index (χ4v) is 1.57. The van der Waals surface area contributed by atoms with Gasteiger partial charge in [-0.15, -0.1) is 0 Å². The average molecular weight is 287 g/mol. The maximum Gasteiger partial charge on any atom is 0.235 e. The van der Waals surface area contributed by atoms with Crippen molar-refractivity contribution < 1.29 is 9.84 Å². The third kappa shape index (κ3) is 2.64. The Kier molecular flexibility index (Phi) is 2.82. The van der Waals surface area contributed by atoms with Crippen LogP contribution in [0.15, 0.2) is 4.47 Å². The SMILES string of the molecule is CC(C)(C)Oc1nc(C2CC2)nc(O)c1Br. The molecule has 0 amide bonds. The zero-order chi connectivity index (χ0) is 11.9. The van der Waals surface area contributed by atoms with Gasteiger partial charge in [-0.2, -0.15) is 9.97 Å². The number of aromatic nitrogens is 2. The van der Waals surface area contributed by atoms with E-state index in [1.54, 1.807) is 0 Å². The molecule has 1 saturated carbocycles. The van der Waals surface area contributed by atoms with Gasteiger partial charge in [-0.1, -0.05) is 0 Å². The van der Waals surface area contributed by atoms with Crippen molar-refractivity contribution in [2.24, 2.45) is 0 Å². The highest BCUT2D eigenvalue weighted by molar-refractivity contribution is 9.10. The molecular formula is C11H15BrN2O2. The standard InChI is InChI=1S/C11H15BrN2O2/c1-11(2,3)16-10-7(12)9(15)13-8(14-10)6-4-5-6/h6H,4-5H2,1-3H3,(H,13,14,15). The van der Waals surface area contributed by atoms with Crippen LogP contribution in [0.3, 0.4) is 0 Å². The monoisotopic (exact) mass is 286 g/mol. The Morgan fingerprint density at radius 2 is 1.94 bits per heavy atom. The van der Waals surface area contributed by atoms with Crippen molar-refractivity contribution in [3.8, 4) is 11.8 Å². The minimum absolute atomic E-state index is 0.0452. The van der Waals surface area contributed by atoms with Gasteiger partial charge in [-0.25, -0.2) is 0 Å². The first-order valence-corrected chi connectivity index (χ1v) is 6.11. The number of hydrogen-bond donors (Lipinski definition) is 1. The van der Waals surface area contributed by atoms with E-state index in [0.29, 0.717) is 22.1 Å². The smallest absolute Gasteiger partial charge is 0.235 e. The second kappa shape index (κ2) is 3.87. The lowest BCUT2D eigenvalue weighted by Gasteiger charge is -2.21. The van der Waals surface area contributed by atoms with Gasteiger partial charge in [0.1, 0.15) is 15.9 Å². The summed E-state index contributed by atoms with van der Waals surface area (Å²) < 4.78 is 6.10. The van der Waals surface area contributed by atoms with Gasteiger partial charge in [0.15, 0.2) is 0 Å². The van der Waals surface area contributed by atoms with Crippen LogP contribution in [0.2, 0.25) is 0 Å². The summed E-state index contributed by atoms with van der Waals surface area (Å²) in [5.41, 5.74) is -0.343. The number of halogens is 1. The molecule has 1 aromatic rings. The fourth-order valence-electron chi connectivity index (χ4n) is 1.31.